The number of benzene rings is 2. The van der Waals surface area contributed by atoms with E-state index in [9.17, 15) is 4.39 Å². The maximum Gasteiger partial charge on any atom is 0.143 e. The van der Waals surface area contributed by atoms with Crippen molar-refractivity contribution in [1.29, 1.82) is 0 Å². The summed E-state index contributed by atoms with van der Waals surface area (Å²) >= 11 is 5.59. The normalized spacial score (nSPS) is 10.1. The number of anilines is 1. The number of rotatable bonds is 5. The van der Waals surface area contributed by atoms with E-state index in [0.717, 1.165) is 5.75 Å². The monoisotopic (exact) mass is 265 g/mol. The third kappa shape index (κ3) is 3.64. The number of para-hydroxylation sites is 1. The fourth-order valence-corrected chi connectivity index (χ4v) is 1.60. The summed E-state index contributed by atoms with van der Waals surface area (Å²) in [5.41, 5.74) is 0.688. The van der Waals surface area contributed by atoms with Gasteiger partial charge in [0.05, 0.1) is 5.02 Å². The van der Waals surface area contributed by atoms with E-state index < -0.39 is 5.82 Å². The van der Waals surface area contributed by atoms with Gasteiger partial charge in [-0.05, 0) is 30.3 Å². The molecule has 0 aliphatic heterocycles. The standard InChI is InChI=1S/C14H13ClFNO/c15-13-7-6-11(10-14(13)16)17-8-9-18-12-4-2-1-3-5-12/h1-7,10,17H,8-9H2. The first kappa shape index (κ1) is 12.7. The fourth-order valence-electron chi connectivity index (χ4n) is 1.49. The minimum atomic E-state index is -0.425. The van der Waals surface area contributed by atoms with Crippen LogP contribution in [0.25, 0.3) is 0 Å². The van der Waals surface area contributed by atoms with Gasteiger partial charge in [-0.3, -0.25) is 0 Å². The molecule has 1 N–H and O–H groups in total. The van der Waals surface area contributed by atoms with E-state index in [1.54, 1.807) is 6.07 Å². The zero-order valence-electron chi connectivity index (χ0n) is 9.70. The molecule has 0 aromatic heterocycles. The maximum atomic E-state index is 13.2. The molecule has 0 unspecified atom stereocenters. The zero-order chi connectivity index (χ0) is 12.8. The van der Waals surface area contributed by atoms with Crippen LogP contribution in [0.15, 0.2) is 48.5 Å². The molecule has 0 bridgehead atoms. The molecule has 2 rings (SSSR count). The Hall–Kier alpha value is -1.74. The van der Waals surface area contributed by atoms with Crippen molar-refractivity contribution in [3.63, 3.8) is 0 Å². The van der Waals surface area contributed by atoms with Crippen LogP contribution in [0.1, 0.15) is 0 Å². The Balaban J connectivity index is 1.77. The average Bonchev–Trinajstić information content (AvgIpc) is 2.40. The lowest BCUT2D eigenvalue weighted by Gasteiger charge is -2.08. The Morgan fingerprint density at radius 3 is 2.61 bits per heavy atom. The number of halogens is 2. The van der Waals surface area contributed by atoms with E-state index in [-0.39, 0.29) is 5.02 Å². The summed E-state index contributed by atoms with van der Waals surface area (Å²) in [6.07, 6.45) is 0. The lowest BCUT2D eigenvalue weighted by molar-refractivity contribution is 0.333. The van der Waals surface area contributed by atoms with Crippen LogP contribution in [-0.4, -0.2) is 13.2 Å². The van der Waals surface area contributed by atoms with E-state index in [1.165, 1.54) is 12.1 Å². The van der Waals surface area contributed by atoms with E-state index in [4.69, 9.17) is 16.3 Å². The van der Waals surface area contributed by atoms with Gasteiger partial charge in [0, 0.05) is 12.2 Å². The molecule has 0 saturated heterocycles. The topological polar surface area (TPSA) is 21.3 Å². The van der Waals surface area contributed by atoms with Crippen LogP contribution in [0.3, 0.4) is 0 Å². The highest BCUT2D eigenvalue weighted by Gasteiger charge is 2.00. The van der Waals surface area contributed by atoms with Crippen molar-refractivity contribution in [1.82, 2.24) is 0 Å². The summed E-state index contributed by atoms with van der Waals surface area (Å²) < 4.78 is 18.6. The molecule has 2 nitrogen and oxygen atoms in total. The predicted molar refractivity (Wildman–Crippen MR) is 71.8 cm³/mol. The Labute approximate surface area is 110 Å². The predicted octanol–water partition coefficient (Wildman–Crippen LogP) is 3.97. The maximum absolute atomic E-state index is 13.2. The second kappa shape index (κ2) is 6.26. The Kier molecular flexibility index (Phi) is 4.42. The number of hydrogen-bond donors (Lipinski definition) is 1. The van der Waals surface area contributed by atoms with E-state index in [2.05, 4.69) is 5.32 Å². The molecule has 94 valence electrons. The summed E-state index contributed by atoms with van der Waals surface area (Å²) in [6, 6.07) is 14.2. The quantitative estimate of drug-likeness (QED) is 0.826. The van der Waals surface area contributed by atoms with Gasteiger partial charge in [0.1, 0.15) is 18.2 Å². The molecule has 0 aliphatic rings. The molecule has 18 heavy (non-hydrogen) atoms. The molecule has 2 aromatic carbocycles. The Morgan fingerprint density at radius 2 is 1.89 bits per heavy atom. The molecule has 0 saturated carbocycles. The third-order valence-corrected chi connectivity index (χ3v) is 2.67. The SMILES string of the molecule is Fc1cc(NCCOc2ccccc2)ccc1Cl. The largest absolute Gasteiger partial charge is 0.492 e. The lowest BCUT2D eigenvalue weighted by Crippen LogP contribution is -2.11. The van der Waals surface area contributed by atoms with Crippen LogP contribution < -0.4 is 10.1 Å². The van der Waals surface area contributed by atoms with Crippen molar-refractivity contribution in [2.45, 2.75) is 0 Å². The van der Waals surface area contributed by atoms with Crippen molar-refractivity contribution in [2.75, 3.05) is 18.5 Å². The van der Waals surface area contributed by atoms with Crippen molar-refractivity contribution in [3.05, 3.63) is 59.4 Å². The van der Waals surface area contributed by atoms with Gasteiger partial charge in [0.15, 0.2) is 0 Å². The molecular formula is C14H13ClFNO. The lowest BCUT2D eigenvalue weighted by atomic mass is 10.3. The number of nitrogens with one attached hydrogen (secondary N) is 1. The van der Waals surface area contributed by atoms with Gasteiger partial charge in [-0.15, -0.1) is 0 Å². The van der Waals surface area contributed by atoms with Crippen molar-refractivity contribution in [3.8, 4) is 5.75 Å². The summed E-state index contributed by atoms with van der Waals surface area (Å²) in [7, 11) is 0. The van der Waals surface area contributed by atoms with Gasteiger partial charge < -0.3 is 10.1 Å². The van der Waals surface area contributed by atoms with Crippen LogP contribution in [-0.2, 0) is 0 Å². The molecule has 0 spiro atoms. The minimum absolute atomic E-state index is 0.126. The van der Waals surface area contributed by atoms with Gasteiger partial charge in [-0.1, -0.05) is 29.8 Å². The molecule has 0 fully saturated rings. The molecule has 0 atom stereocenters. The first-order valence-corrected chi connectivity index (χ1v) is 6.00. The van der Waals surface area contributed by atoms with Crippen LogP contribution >= 0.6 is 11.6 Å². The summed E-state index contributed by atoms with van der Waals surface area (Å²) in [5, 5.41) is 3.19. The van der Waals surface area contributed by atoms with Gasteiger partial charge in [-0.25, -0.2) is 4.39 Å². The highest BCUT2D eigenvalue weighted by Crippen LogP contribution is 2.18. The van der Waals surface area contributed by atoms with Crippen molar-refractivity contribution >= 4 is 17.3 Å². The van der Waals surface area contributed by atoms with Gasteiger partial charge in [0.25, 0.3) is 0 Å². The third-order valence-electron chi connectivity index (χ3n) is 2.36. The smallest absolute Gasteiger partial charge is 0.143 e. The molecule has 0 radical (unpaired) electrons. The van der Waals surface area contributed by atoms with Crippen LogP contribution in [0, 0.1) is 5.82 Å². The van der Waals surface area contributed by atoms with E-state index in [0.29, 0.717) is 18.8 Å². The van der Waals surface area contributed by atoms with Gasteiger partial charge in [0.2, 0.25) is 0 Å². The highest BCUT2D eigenvalue weighted by atomic mass is 35.5. The molecule has 0 aliphatic carbocycles. The minimum Gasteiger partial charge on any atom is -0.492 e. The number of hydrogen-bond acceptors (Lipinski definition) is 2. The highest BCUT2D eigenvalue weighted by molar-refractivity contribution is 6.30. The Bertz CT molecular complexity index is 504. The van der Waals surface area contributed by atoms with E-state index in [1.807, 2.05) is 30.3 Å². The second-order valence-corrected chi connectivity index (χ2v) is 4.12. The van der Waals surface area contributed by atoms with Gasteiger partial charge in [-0.2, -0.15) is 0 Å². The van der Waals surface area contributed by atoms with Crippen molar-refractivity contribution < 1.29 is 9.13 Å². The van der Waals surface area contributed by atoms with Gasteiger partial charge >= 0.3 is 0 Å². The molecule has 0 amide bonds. The molecular weight excluding hydrogens is 253 g/mol. The first-order valence-electron chi connectivity index (χ1n) is 5.62. The Morgan fingerprint density at radius 1 is 1.11 bits per heavy atom. The van der Waals surface area contributed by atoms with Crippen LogP contribution in [0.5, 0.6) is 5.75 Å². The second-order valence-electron chi connectivity index (χ2n) is 3.72. The summed E-state index contributed by atoms with van der Waals surface area (Å²) in [4.78, 5) is 0. The molecule has 2 aromatic rings. The van der Waals surface area contributed by atoms with Crippen molar-refractivity contribution in [2.24, 2.45) is 0 Å². The summed E-state index contributed by atoms with van der Waals surface area (Å²) in [6.45, 7) is 1.10. The summed E-state index contributed by atoms with van der Waals surface area (Å²) in [5.74, 6) is 0.396. The van der Waals surface area contributed by atoms with E-state index >= 15 is 0 Å². The molecule has 4 heteroatoms. The number of ether oxygens (including phenoxy) is 1. The van der Waals surface area contributed by atoms with Crippen LogP contribution in [0.2, 0.25) is 5.02 Å². The molecule has 0 heterocycles. The fraction of sp³-hybridized carbons (Fsp3) is 0.143. The average molecular weight is 266 g/mol. The first-order chi connectivity index (χ1) is 8.75. The van der Waals surface area contributed by atoms with Crippen LogP contribution in [0.4, 0.5) is 10.1 Å². The zero-order valence-corrected chi connectivity index (χ0v) is 10.5.